The largest absolute Gasteiger partial charge is 0.416 e. The highest BCUT2D eigenvalue weighted by molar-refractivity contribution is 7.83. The molecular weight excluding hydrogens is 291 g/mol. The Morgan fingerprint density at radius 3 is 2.60 bits per heavy atom. The predicted octanol–water partition coefficient (Wildman–Crippen LogP) is 3.45. The van der Waals surface area contributed by atoms with Gasteiger partial charge < -0.3 is 4.52 Å². The monoisotopic (exact) mass is 303 g/mol. The molecule has 20 heavy (non-hydrogen) atoms. The van der Waals surface area contributed by atoms with Crippen molar-refractivity contribution in [2.75, 3.05) is 0 Å². The van der Waals surface area contributed by atoms with E-state index in [-0.39, 0.29) is 11.5 Å². The van der Waals surface area contributed by atoms with Gasteiger partial charge in [0.2, 0.25) is 0 Å². The van der Waals surface area contributed by atoms with Gasteiger partial charge in [-0.3, -0.25) is 4.21 Å². The molecule has 1 atom stereocenters. The summed E-state index contributed by atoms with van der Waals surface area (Å²) < 4.78 is 54.5. The average molecular weight is 303 g/mol. The van der Waals surface area contributed by atoms with Crippen LogP contribution in [0.5, 0.6) is 0 Å². The van der Waals surface area contributed by atoms with Gasteiger partial charge in [0.1, 0.15) is 5.76 Å². The number of aryl methyl sites for hydroxylation is 1. The number of aromatic nitrogens is 1. The molecule has 1 heterocycles. The molecule has 0 bridgehead atoms. The molecule has 0 aliphatic heterocycles. The van der Waals surface area contributed by atoms with E-state index in [9.17, 15) is 17.4 Å². The van der Waals surface area contributed by atoms with E-state index < -0.39 is 22.5 Å². The van der Waals surface area contributed by atoms with Gasteiger partial charge in [0.15, 0.2) is 0 Å². The first-order chi connectivity index (χ1) is 9.34. The molecule has 0 fully saturated rings. The van der Waals surface area contributed by atoms with Gasteiger partial charge in [-0.2, -0.15) is 13.2 Å². The minimum Gasteiger partial charge on any atom is -0.360 e. The van der Waals surface area contributed by atoms with Crippen molar-refractivity contribution in [2.45, 2.75) is 24.6 Å². The van der Waals surface area contributed by atoms with Gasteiger partial charge in [-0.05, 0) is 18.6 Å². The third kappa shape index (κ3) is 3.93. The van der Waals surface area contributed by atoms with E-state index in [1.165, 1.54) is 12.1 Å². The summed E-state index contributed by atoms with van der Waals surface area (Å²) in [6, 6.07) is 6.51. The Morgan fingerprint density at radius 1 is 1.25 bits per heavy atom. The summed E-state index contributed by atoms with van der Waals surface area (Å²) in [5.41, 5.74) is 0.327. The van der Waals surface area contributed by atoms with Crippen molar-refractivity contribution in [3.63, 3.8) is 0 Å². The first-order valence-electron chi connectivity index (χ1n) is 5.78. The summed E-state index contributed by atoms with van der Waals surface area (Å²) >= 11 is 0. The van der Waals surface area contributed by atoms with Gasteiger partial charge in [-0.1, -0.05) is 23.4 Å². The van der Waals surface area contributed by atoms with Gasteiger partial charge >= 0.3 is 6.18 Å². The van der Waals surface area contributed by atoms with Crippen LogP contribution >= 0.6 is 0 Å². The van der Waals surface area contributed by atoms with E-state index in [4.69, 9.17) is 4.52 Å². The van der Waals surface area contributed by atoms with Crippen LogP contribution in [0.2, 0.25) is 0 Å². The first kappa shape index (κ1) is 14.8. The van der Waals surface area contributed by atoms with Crippen molar-refractivity contribution in [1.29, 1.82) is 0 Å². The highest BCUT2D eigenvalue weighted by Crippen LogP contribution is 2.29. The number of halogens is 3. The van der Waals surface area contributed by atoms with Gasteiger partial charge in [0.25, 0.3) is 0 Å². The van der Waals surface area contributed by atoms with Gasteiger partial charge in [0, 0.05) is 22.6 Å². The molecule has 1 unspecified atom stereocenters. The topological polar surface area (TPSA) is 43.1 Å². The molecule has 0 aliphatic carbocycles. The summed E-state index contributed by atoms with van der Waals surface area (Å²) in [5, 5.41) is 3.66. The van der Waals surface area contributed by atoms with Gasteiger partial charge in [0.05, 0.1) is 17.0 Å². The highest BCUT2D eigenvalue weighted by atomic mass is 32.2. The number of rotatable bonds is 4. The van der Waals surface area contributed by atoms with Crippen LogP contribution in [0.3, 0.4) is 0 Å². The standard InChI is InChI=1S/C13H12F3NO2S/c1-9-5-12(19-17-9)8-20(18)7-10-3-2-4-11(6-10)13(14,15)16/h2-6H,7-8H2,1H3. The lowest BCUT2D eigenvalue weighted by Crippen LogP contribution is -2.06. The zero-order chi connectivity index (χ0) is 14.8. The molecule has 1 aromatic heterocycles. The maximum Gasteiger partial charge on any atom is 0.416 e. The van der Waals surface area contributed by atoms with E-state index in [0.717, 1.165) is 12.1 Å². The average Bonchev–Trinajstić information content (AvgIpc) is 2.73. The van der Waals surface area contributed by atoms with Crippen molar-refractivity contribution >= 4 is 10.8 Å². The molecule has 2 rings (SSSR count). The normalized spacial score (nSPS) is 13.4. The fraction of sp³-hybridized carbons (Fsp3) is 0.308. The predicted molar refractivity (Wildman–Crippen MR) is 68.2 cm³/mol. The van der Waals surface area contributed by atoms with Crippen LogP contribution in [0, 0.1) is 6.92 Å². The van der Waals surface area contributed by atoms with E-state index in [0.29, 0.717) is 17.0 Å². The Hall–Kier alpha value is -1.63. The Kier molecular flexibility index (Phi) is 4.27. The Bertz CT molecular complexity index is 622. The maximum atomic E-state index is 12.6. The summed E-state index contributed by atoms with van der Waals surface area (Å²) in [6.45, 7) is 1.74. The van der Waals surface area contributed by atoms with Crippen LogP contribution in [-0.2, 0) is 28.5 Å². The van der Waals surface area contributed by atoms with Crippen molar-refractivity contribution in [2.24, 2.45) is 0 Å². The molecule has 2 aromatic rings. The Labute approximate surface area is 116 Å². The van der Waals surface area contributed by atoms with E-state index in [1.54, 1.807) is 13.0 Å². The lowest BCUT2D eigenvalue weighted by atomic mass is 10.1. The molecule has 108 valence electrons. The summed E-state index contributed by atoms with van der Waals surface area (Å²) in [4.78, 5) is 0. The van der Waals surface area contributed by atoms with Crippen LogP contribution in [0.15, 0.2) is 34.9 Å². The fourth-order valence-electron chi connectivity index (χ4n) is 1.72. The summed E-state index contributed by atoms with van der Waals surface area (Å²) in [7, 11) is -1.34. The van der Waals surface area contributed by atoms with Crippen LogP contribution < -0.4 is 0 Å². The van der Waals surface area contributed by atoms with Crippen LogP contribution in [-0.4, -0.2) is 9.37 Å². The molecule has 0 saturated heterocycles. The van der Waals surface area contributed by atoms with Gasteiger partial charge in [-0.25, -0.2) is 0 Å². The lowest BCUT2D eigenvalue weighted by molar-refractivity contribution is -0.137. The van der Waals surface area contributed by atoms with E-state index in [1.807, 2.05) is 0 Å². The lowest BCUT2D eigenvalue weighted by Gasteiger charge is -2.08. The molecule has 1 aromatic carbocycles. The molecule has 7 heteroatoms. The number of hydrogen-bond acceptors (Lipinski definition) is 3. The van der Waals surface area contributed by atoms with E-state index in [2.05, 4.69) is 5.16 Å². The highest BCUT2D eigenvalue weighted by Gasteiger charge is 2.30. The third-order valence-corrected chi connectivity index (χ3v) is 3.82. The molecular formula is C13H12F3NO2S. The van der Waals surface area contributed by atoms with Crippen molar-refractivity contribution in [3.8, 4) is 0 Å². The second kappa shape index (κ2) is 5.78. The van der Waals surface area contributed by atoms with Crippen LogP contribution in [0.25, 0.3) is 0 Å². The van der Waals surface area contributed by atoms with E-state index >= 15 is 0 Å². The molecule has 0 N–H and O–H groups in total. The molecule has 0 amide bonds. The van der Waals surface area contributed by atoms with Crippen molar-refractivity contribution < 1.29 is 21.9 Å². The zero-order valence-electron chi connectivity index (χ0n) is 10.6. The molecule has 0 radical (unpaired) electrons. The zero-order valence-corrected chi connectivity index (χ0v) is 11.4. The van der Waals surface area contributed by atoms with Crippen molar-refractivity contribution in [3.05, 3.63) is 52.9 Å². The van der Waals surface area contributed by atoms with Crippen LogP contribution in [0.4, 0.5) is 13.2 Å². The maximum absolute atomic E-state index is 12.6. The second-order valence-corrected chi connectivity index (χ2v) is 5.82. The first-order valence-corrected chi connectivity index (χ1v) is 7.27. The third-order valence-electron chi connectivity index (χ3n) is 2.56. The smallest absolute Gasteiger partial charge is 0.360 e. The minimum atomic E-state index is -4.39. The SMILES string of the molecule is Cc1cc(CS(=O)Cc2cccc(C(F)(F)F)c2)on1. The molecule has 0 spiro atoms. The number of nitrogens with zero attached hydrogens (tertiary/aromatic N) is 1. The minimum absolute atomic E-state index is 0.0453. The number of benzene rings is 1. The summed E-state index contributed by atoms with van der Waals surface area (Å²) in [5.74, 6) is 0.647. The number of alkyl halides is 3. The molecule has 0 saturated carbocycles. The second-order valence-electron chi connectivity index (χ2n) is 4.36. The Balaban J connectivity index is 2.04. The Morgan fingerprint density at radius 2 is 2.00 bits per heavy atom. The fourth-order valence-corrected chi connectivity index (χ4v) is 2.82. The van der Waals surface area contributed by atoms with Crippen LogP contribution in [0.1, 0.15) is 22.6 Å². The quantitative estimate of drug-likeness (QED) is 0.869. The van der Waals surface area contributed by atoms with Gasteiger partial charge in [-0.15, -0.1) is 0 Å². The number of hydrogen-bond donors (Lipinski definition) is 0. The summed E-state index contributed by atoms with van der Waals surface area (Å²) in [6.07, 6.45) is -4.39. The van der Waals surface area contributed by atoms with Crippen molar-refractivity contribution in [1.82, 2.24) is 5.16 Å². The molecule has 0 aliphatic rings. The molecule has 3 nitrogen and oxygen atoms in total.